The zero-order chi connectivity index (χ0) is 17.6. The topological polar surface area (TPSA) is 108 Å². The summed E-state index contributed by atoms with van der Waals surface area (Å²) in [7, 11) is 0. The van der Waals surface area contributed by atoms with Gasteiger partial charge in [-0.3, -0.25) is 14.7 Å². The van der Waals surface area contributed by atoms with E-state index in [1.165, 1.54) is 0 Å². The molecule has 0 aliphatic carbocycles. The van der Waals surface area contributed by atoms with Gasteiger partial charge in [-0.1, -0.05) is 0 Å². The molecule has 0 bridgehead atoms. The summed E-state index contributed by atoms with van der Waals surface area (Å²) in [5.41, 5.74) is 2.83. The van der Waals surface area contributed by atoms with Crippen LogP contribution in [0.5, 0.6) is 5.75 Å². The molecule has 2 heterocycles. The van der Waals surface area contributed by atoms with Gasteiger partial charge in [-0.2, -0.15) is 5.10 Å². The second-order valence-electron chi connectivity index (χ2n) is 5.64. The minimum absolute atomic E-state index is 0.124. The lowest BCUT2D eigenvalue weighted by atomic mass is 10.1. The van der Waals surface area contributed by atoms with Crippen LogP contribution in [0.3, 0.4) is 0 Å². The molecule has 0 spiro atoms. The molecule has 8 heteroatoms. The minimum Gasteiger partial charge on any atom is -0.494 e. The van der Waals surface area contributed by atoms with Crippen LogP contribution in [0.1, 0.15) is 28.7 Å². The highest BCUT2D eigenvalue weighted by Gasteiger charge is 2.21. The van der Waals surface area contributed by atoms with Crippen molar-refractivity contribution in [2.75, 3.05) is 25.0 Å². The Hall–Kier alpha value is -2.87. The second-order valence-corrected chi connectivity index (χ2v) is 5.64. The van der Waals surface area contributed by atoms with E-state index in [1.54, 1.807) is 24.3 Å². The predicted molar refractivity (Wildman–Crippen MR) is 92.6 cm³/mol. The molecule has 1 aromatic carbocycles. The highest BCUT2D eigenvalue weighted by atomic mass is 16.5. The summed E-state index contributed by atoms with van der Waals surface area (Å²) in [6, 6.07) is 7.06. The number of amides is 2. The van der Waals surface area contributed by atoms with Crippen LogP contribution in [-0.2, 0) is 17.8 Å². The van der Waals surface area contributed by atoms with Gasteiger partial charge in [0.2, 0.25) is 5.91 Å². The van der Waals surface area contributed by atoms with Crippen LogP contribution in [0.15, 0.2) is 24.3 Å². The quantitative estimate of drug-likeness (QED) is 0.621. The molecule has 0 unspecified atom stereocenters. The second kappa shape index (κ2) is 7.80. The number of H-pyrrole nitrogens is 1. The van der Waals surface area contributed by atoms with E-state index in [0.29, 0.717) is 24.5 Å². The van der Waals surface area contributed by atoms with Crippen molar-refractivity contribution in [3.05, 3.63) is 41.2 Å². The SMILES string of the molecule is CCOc1ccc(NC(=O)CNC(=O)c2n[nH]c3c2CNCC3)cc1. The van der Waals surface area contributed by atoms with Gasteiger partial charge in [0.15, 0.2) is 5.69 Å². The minimum atomic E-state index is -0.358. The van der Waals surface area contributed by atoms with Crippen molar-refractivity contribution in [2.24, 2.45) is 0 Å². The van der Waals surface area contributed by atoms with Crippen molar-refractivity contribution in [1.29, 1.82) is 0 Å². The van der Waals surface area contributed by atoms with Crippen LogP contribution >= 0.6 is 0 Å². The van der Waals surface area contributed by atoms with E-state index in [2.05, 4.69) is 26.1 Å². The number of ether oxygens (including phenoxy) is 1. The van der Waals surface area contributed by atoms with E-state index in [-0.39, 0.29) is 18.4 Å². The maximum Gasteiger partial charge on any atom is 0.272 e. The molecule has 0 atom stereocenters. The average molecular weight is 343 g/mol. The molecule has 8 nitrogen and oxygen atoms in total. The van der Waals surface area contributed by atoms with E-state index in [9.17, 15) is 9.59 Å². The number of aromatic amines is 1. The average Bonchev–Trinajstić information content (AvgIpc) is 3.06. The highest BCUT2D eigenvalue weighted by Crippen LogP contribution is 2.16. The van der Waals surface area contributed by atoms with Gasteiger partial charge in [0, 0.05) is 36.5 Å². The number of aromatic nitrogens is 2. The van der Waals surface area contributed by atoms with E-state index >= 15 is 0 Å². The van der Waals surface area contributed by atoms with Crippen molar-refractivity contribution in [2.45, 2.75) is 19.9 Å². The number of benzene rings is 1. The number of hydrogen-bond donors (Lipinski definition) is 4. The normalized spacial score (nSPS) is 13.0. The Morgan fingerprint density at radius 2 is 2.08 bits per heavy atom. The standard InChI is InChI=1S/C17H21N5O3/c1-2-25-12-5-3-11(4-6-12)20-15(23)10-19-17(24)16-13-9-18-8-7-14(13)21-22-16/h3-6,18H,2,7-10H2,1H3,(H,19,24)(H,20,23)(H,21,22). The van der Waals surface area contributed by atoms with Crippen LogP contribution in [-0.4, -0.2) is 41.7 Å². The van der Waals surface area contributed by atoms with Gasteiger partial charge in [0.1, 0.15) is 5.75 Å². The van der Waals surface area contributed by atoms with Crippen LogP contribution in [0.25, 0.3) is 0 Å². The zero-order valence-electron chi connectivity index (χ0n) is 14.0. The zero-order valence-corrected chi connectivity index (χ0v) is 14.0. The number of nitrogens with zero attached hydrogens (tertiary/aromatic N) is 1. The van der Waals surface area contributed by atoms with Gasteiger partial charge in [0.05, 0.1) is 13.2 Å². The first-order valence-electron chi connectivity index (χ1n) is 8.25. The largest absolute Gasteiger partial charge is 0.494 e. The fraction of sp³-hybridized carbons (Fsp3) is 0.353. The maximum absolute atomic E-state index is 12.2. The number of fused-ring (bicyclic) bond motifs is 1. The van der Waals surface area contributed by atoms with E-state index in [4.69, 9.17) is 4.74 Å². The van der Waals surface area contributed by atoms with E-state index in [1.807, 2.05) is 6.92 Å². The molecule has 25 heavy (non-hydrogen) atoms. The molecule has 1 aliphatic heterocycles. The van der Waals surface area contributed by atoms with Gasteiger partial charge >= 0.3 is 0 Å². The molecule has 0 saturated carbocycles. The molecule has 2 aromatic rings. The summed E-state index contributed by atoms with van der Waals surface area (Å²) >= 11 is 0. The lowest BCUT2D eigenvalue weighted by Crippen LogP contribution is -2.34. The predicted octanol–water partition coefficient (Wildman–Crippen LogP) is 0.823. The number of rotatable bonds is 6. The van der Waals surface area contributed by atoms with Gasteiger partial charge in [0.25, 0.3) is 5.91 Å². The fourth-order valence-electron chi connectivity index (χ4n) is 2.66. The number of anilines is 1. The Labute approximate surface area is 145 Å². The van der Waals surface area contributed by atoms with Crippen LogP contribution in [0, 0.1) is 0 Å². The number of carbonyl (C=O) groups excluding carboxylic acids is 2. The molecule has 2 amide bonds. The Morgan fingerprint density at radius 3 is 2.84 bits per heavy atom. The van der Waals surface area contributed by atoms with Gasteiger partial charge < -0.3 is 20.7 Å². The molecule has 1 aliphatic rings. The molecule has 0 fully saturated rings. The summed E-state index contributed by atoms with van der Waals surface area (Å²) in [4.78, 5) is 24.2. The van der Waals surface area contributed by atoms with Crippen molar-refractivity contribution in [3.8, 4) is 5.75 Å². The van der Waals surface area contributed by atoms with Gasteiger partial charge in [-0.15, -0.1) is 0 Å². The Morgan fingerprint density at radius 1 is 1.28 bits per heavy atom. The Balaban J connectivity index is 1.51. The number of hydrogen-bond acceptors (Lipinski definition) is 5. The Bertz CT molecular complexity index is 754. The first-order valence-corrected chi connectivity index (χ1v) is 8.25. The summed E-state index contributed by atoms with van der Waals surface area (Å²) in [5.74, 6) is 0.0776. The smallest absolute Gasteiger partial charge is 0.272 e. The number of carbonyl (C=O) groups is 2. The van der Waals surface area contributed by atoms with Crippen LogP contribution in [0.4, 0.5) is 5.69 Å². The van der Waals surface area contributed by atoms with Crippen LogP contribution < -0.4 is 20.7 Å². The summed E-state index contributed by atoms with van der Waals surface area (Å²) in [6.45, 7) is 3.84. The summed E-state index contributed by atoms with van der Waals surface area (Å²) < 4.78 is 5.35. The summed E-state index contributed by atoms with van der Waals surface area (Å²) in [5, 5.41) is 15.5. The third-order valence-corrected chi connectivity index (χ3v) is 3.88. The molecule has 0 radical (unpaired) electrons. The van der Waals surface area contributed by atoms with Crippen molar-refractivity contribution < 1.29 is 14.3 Å². The summed E-state index contributed by atoms with van der Waals surface area (Å²) in [6.07, 6.45) is 0.813. The molecular weight excluding hydrogens is 322 g/mol. The number of nitrogens with one attached hydrogen (secondary N) is 4. The van der Waals surface area contributed by atoms with Crippen molar-refractivity contribution in [1.82, 2.24) is 20.8 Å². The lowest BCUT2D eigenvalue weighted by molar-refractivity contribution is -0.115. The lowest BCUT2D eigenvalue weighted by Gasteiger charge is -2.13. The highest BCUT2D eigenvalue weighted by molar-refractivity contribution is 5.99. The van der Waals surface area contributed by atoms with Gasteiger partial charge in [-0.25, -0.2) is 0 Å². The third-order valence-electron chi connectivity index (χ3n) is 3.88. The first kappa shape index (κ1) is 17.0. The molecule has 132 valence electrons. The maximum atomic E-state index is 12.2. The van der Waals surface area contributed by atoms with Crippen LogP contribution in [0.2, 0.25) is 0 Å². The van der Waals surface area contributed by atoms with E-state index in [0.717, 1.165) is 30.0 Å². The third kappa shape index (κ3) is 4.16. The molecule has 3 rings (SSSR count). The molecule has 1 aromatic heterocycles. The molecule has 4 N–H and O–H groups in total. The molecular formula is C17H21N5O3. The van der Waals surface area contributed by atoms with Crippen molar-refractivity contribution >= 4 is 17.5 Å². The van der Waals surface area contributed by atoms with Gasteiger partial charge in [-0.05, 0) is 31.2 Å². The molecule has 0 saturated heterocycles. The monoisotopic (exact) mass is 343 g/mol. The first-order chi connectivity index (χ1) is 12.2. The van der Waals surface area contributed by atoms with Crippen molar-refractivity contribution in [3.63, 3.8) is 0 Å². The fourth-order valence-corrected chi connectivity index (χ4v) is 2.66. The Kier molecular flexibility index (Phi) is 5.30. The van der Waals surface area contributed by atoms with E-state index < -0.39 is 0 Å².